The molecule has 0 bridgehead atoms. The Bertz CT molecular complexity index is 674. The highest BCUT2D eigenvalue weighted by atomic mass is 19.1. The molecule has 1 aromatic carbocycles. The van der Waals surface area contributed by atoms with Gasteiger partial charge in [-0.3, -0.25) is 9.59 Å². The third-order valence-electron chi connectivity index (χ3n) is 4.45. The Morgan fingerprint density at radius 1 is 1.24 bits per heavy atom. The number of hydrogen-bond donors (Lipinski definition) is 2. The van der Waals surface area contributed by atoms with Gasteiger partial charge in [0.1, 0.15) is 6.04 Å². The van der Waals surface area contributed by atoms with Crippen molar-refractivity contribution in [2.24, 2.45) is 5.92 Å². The van der Waals surface area contributed by atoms with Crippen molar-refractivity contribution in [3.63, 3.8) is 0 Å². The molecule has 25 heavy (non-hydrogen) atoms. The number of carboxylic acid groups (broad SMARTS) is 1. The first kappa shape index (κ1) is 18.9. The molecule has 2 rings (SSSR count). The minimum atomic E-state index is -2.42. The van der Waals surface area contributed by atoms with Crippen LogP contribution >= 0.6 is 0 Å². The van der Waals surface area contributed by atoms with Crippen molar-refractivity contribution in [1.29, 1.82) is 0 Å². The van der Waals surface area contributed by atoms with Gasteiger partial charge >= 0.3 is 5.97 Å². The quantitative estimate of drug-likeness (QED) is 0.847. The Kier molecular flexibility index (Phi) is 5.45. The van der Waals surface area contributed by atoms with E-state index < -0.39 is 36.0 Å². The van der Waals surface area contributed by atoms with Crippen molar-refractivity contribution in [2.75, 3.05) is 13.1 Å². The predicted octanol–water partition coefficient (Wildman–Crippen LogP) is 1.77. The number of halogens is 1. The fourth-order valence-corrected chi connectivity index (χ4v) is 2.78. The van der Waals surface area contributed by atoms with Crippen LogP contribution in [0.2, 0.25) is 0 Å². The maximum atomic E-state index is 14.2. The predicted molar refractivity (Wildman–Crippen MR) is 89.9 cm³/mol. The molecular weight excluding hydrogens is 327 g/mol. The minimum Gasteiger partial charge on any atom is -0.479 e. The van der Waals surface area contributed by atoms with E-state index in [-0.39, 0.29) is 18.9 Å². The molecule has 0 saturated carbocycles. The standard InChI is InChI=1S/C18H23FN2O4/c1-11(2)14(20-15(22)13-6-4-12(3)5-7-13)16(23)21-9-8-18(19,10-21)17(24)25/h4-7,11,14H,8-10H2,1-3H3,(H,20,22)(H,24,25). The maximum absolute atomic E-state index is 14.2. The molecule has 6 nitrogen and oxygen atoms in total. The molecule has 0 aromatic heterocycles. The molecule has 0 aliphatic carbocycles. The molecule has 2 atom stereocenters. The normalized spacial score (nSPS) is 21.2. The molecule has 7 heteroatoms. The summed E-state index contributed by atoms with van der Waals surface area (Å²) in [6.07, 6.45) is -0.245. The summed E-state index contributed by atoms with van der Waals surface area (Å²) in [5, 5.41) is 11.6. The molecule has 2 unspecified atom stereocenters. The van der Waals surface area contributed by atoms with E-state index in [1.807, 2.05) is 6.92 Å². The summed E-state index contributed by atoms with van der Waals surface area (Å²) in [6, 6.07) is 6.08. The third-order valence-corrected chi connectivity index (χ3v) is 4.45. The van der Waals surface area contributed by atoms with Gasteiger partial charge in [0, 0.05) is 18.5 Å². The highest BCUT2D eigenvalue weighted by Gasteiger charge is 2.48. The first-order chi connectivity index (χ1) is 11.6. The average molecular weight is 350 g/mol. The number of carboxylic acids is 1. The summed E-state index contributed by atoms with van der Waals surface area (Å²) in [5.74, 6) is -2.64. The van der Waals surface area contributed by atoms with E-state index >= 15 is 0 Å². The average Bonchev–Trinajstić information content (AvgIpc) is 2.96. The zero-order valence-corrected chi connectivity index (χ0v) is 14.6. The van der Waals surface area contributed by atoms with Crippen LogP contribution in [0.15, 0.2) is 24.3 Å². The Morgan fingerprint density at radius 3 is 2.32 bits per heavy atom. The van der Waals surface area contributed by atoms with Crippen molar-refractivity contribution in [3.8, 4) is 0 Å². The Balaban J connectivity index is 2.10. The zero-order chi connectivity index (χ0) is 18.8. The van der Waals surface area contributed by atoms with Crippen molar-refractivity contribution in [3.05, 3.63) is 35.4 Å². The first-order valence-electron chi connectivity index (χ1n) is 8.22. The maximum Gasteiger partial charge on any atom is 0.343 e. The van der Waals surface area contributed by atoms with Crippen molar-refractivity contribution >= 4 is 17.8 Å². The second kappa shape index (κ2) is 7.21. The fourth-order valence-electron chi connectivity index (χ4n) is 2.78. The largest absolute Gasteiger partial charge is 0.479 e. The van der Waals surface area contributed by atoms with Gasteiger partial charge in [0.2, 0.25) is 11.6 Å². The van der Waals surface area contributed by atoms with E-state index in [9.17, 15) is 18.8 Å². The van der Waals surface area contributed by atoms with E-state index in [0.717, 1.165) is 5.56 Å². The summed E-state index contributed by atoms with van der Waals surface area (Å²) >= 11 is 0. The van der Waals surface area contributed by atoms with Crippen LogP contribution in [0.3, 0.4) is 0 Å². The molecule has 2 N–H and O–H groups in total. The van der Waals surface area contributed by atoms with Crippen LogP contribution < -0.4 is 5.32 Å². The van der Waals surface area contributed by atoms with Gasteiger partial charge in [-0.2, -0.15) is 0 Å². The van der Waals surface area contributed by atoms with E-state index in [1.165, 1.54) is 4.90 Å². The van der Waals surface area contributed by atoms with Gasteiger partial charge in [-0.25, -0.2) is 9.18 Å². The molecule has 1 saturated heterocycles. The summed E-state index contributed by atoms with van der Waals surface area (Å²) < 4.78 is 14.2. The number of hydrogen-bond acceptors (Lipinski definition) is 3. The molecular formula is C18H23FN2O4. The van der Waals surface area contributed by atoms with Crippen LogP contribution in [0.5, 0.6) is 0 Å². The Hall–Kier alpha value is -2.44. The molecule has 1 aromatic rings. The number of amides is 2. The molecule has 0 spiro atoms. The second-order valence-electron chi connectivity index (χ2n) is 6.84. The van der Waals surface area contributed by atoms with Crippen LogP contribution in [0, 0.1) is 12.8 Å². The summed E-state index contributed by atoms with van der Waals surface area (Å²) in [4.78, 5) is 37.2. The topological polar surface area (TPSA) is 86.7 Å². The van der Waals surface area contributed by atoms with Crippen LogP contribution in [0.1, 0.15) is 36.2 Å². The van der Waals surface area contributed by atoms with Gasteiger partial charge in [0.25, 0.3) is 5.91 Å². The number of likely N-dealkylation sites (tertiary alicyclic amines) is 1. The van der Waals surface area contributed by atoms with Crippen molar-refractivity contribution in [2.45, 2.75) is 38.9 Å². The first-order valence-corrected chi connectivity index (χ1v) is 8.22. The molecule has 1 fully saturated rings. The van der Waals surface area contributed by atoms with Crippen LogP contribution in [0.4, 0.5) is 4.39 Å². The highest BCUT2D eigenvalue weighted by molar-refractivity contribution is 5.97. The minimum absolute atomic E-state index is 0.0191. The smallest absolute Gasteiger partial charge is 0.343 e. The van der Waals surface area contributed by atoms with E-state index in [2.05, 4.69) is 5.32 Å². The number of rotatable bonds is 5. The van der Waals surface area contributed by atoms with Gasteiger partial charge in [0.15, 0.2) is 0 Å². The Morgan fingerprint density at radius 2 is 1.84 bits per heavy atom. The van der Waals surface area contributed by atoms with Crippen molar-refractivity contribution < 1.29 is 23.9 Å². The molecule has 1 aliphatic rings. The monoisotopic (exact) mass is 350 g/mol. The highest BCUT2D eigenvalue weighted by Crippen LogP contribution is 2.27. The van der Waals surface area contributed by atoms with Crippen molar-refractivity contribution in [1.82, 2.24) is 10.2 Å². The lowest BCUT2D eigenvalue weighted by atomic mass is 10.0. The SMILES string of the molecule is Cc1ccc(C(=O)NC(C(=O)N2CCC(F)(C(=O)O)C2)C(C)C)cc1. The van der Waals surface area contributed by atoms with E-state index in [1.54, 1.807) is 38.1 Å². The van der Waals surface area contributed by atoms with Gasteiger partial charge < -0.3 is 15.3 Å². The number of carbonyl (C=O) groups is 3. The Labute approximate surface area is 146 Å². The lowest BCUT2D eigenvalue weighted by Gasteiger charge is -2.27. The lowest BCUT2D eigenvalue weighted by Crippen LogP contribution is -2.51. The summed E-state index contributed by atoms with van der Waals surface area (Å²) in [6.45, 7) is 4.97. The molecule has 0 radical (unpaired) electrons. The molecule has 136 valence electrons. The van der Waals surface area contributed by atoms with Gasteiger partial charge in [-0.15, -0.1) is 0 Å². The fraction of sp³-hybridized carbons (Fsp3) is 0.500. The number of aryl methyl sites for hydroxylation is 1. The number of nitrogens with zero attached hydrogens (tertiary/aromatic N) is 1. The van der Waals surface area contributed by atoms with Crippen LogP contribution in [-0.2, 0) is 9.59 Å². The van der Waals surface area contributed by atoms with Gasteiger partial charge in [-0.1, -0.05) is 31.5 Å². The third kappa shape index (κ3) is 4.15. The van der Waals surface area contributed by atoms with Gasteiger partial charge in [0.05, 0.1) is 6.54 Å². The molecule has 1 aliphatic heterocycles. The second-order valence-corrected chi connectivity index (χ2v) is 6.84. The lowest BCUT2D eigenvalue weighted by molar-refractivity contribution is -0.150. The van der Waals surface area contributed by atoms with E-state index in [0.29, 0.717) is 5.56 Å². The zero-order valence-electron chi connectivity index (χ0n) is 14.6. The van der Waals surface area contributed by atoms with Gasteiger partial charge in [-0.05, 0) is 25.0 Å². The number of benzene rings is 1. The van der Waals surface area contributed by atoms with Crippen LogP contribution in [-0.4, -0.2) is 52.6 Å². The molecule has 1 heterocycles. The molecule has 2 amide bonds. The number of carbonyl (C=O) groups excluding carboxylic acids is 2. The summed E-state index contributed by atoms with van der Waals surface area (Å²) in [5.41, 5.74) is -0.980. The number of aliphatic carboxylic acids is 1. The van der Waals surface area contributed by atoms with Crippen LogP contribution in [0.25, 0.3) is 0 Å². The number of alkyl halides is 1. The van der Waals surface area contributed by atoms with E-state index in [4.69, 9.17) is 5.11 Å². The summed E-state index contributed by atoms with van der Waals surface area (Å²) in [7, 11) is 0. The number of nitrogens with one attached hydrogen (secondary N) is 1.